The Morgan fingerprint density at radius 3 is 2.50 bits per heavy atom. The van der Waals surface area contributed by atoms with Gasteiger partial charge in [0, 0.05) is 33.2 Å². The van der Waals surface area contributed by atoms with E-state index in [-0.39, 0.29) is 17.9 Å². The van der Waals surface area contributed by atoms with Crippen molar-refractivity contribution in [3.8, 4) is 0 Å². The fraction of sp³-hybridized carbons (Fsp3) is 0.889. The lowest BCUT2D eigenvalue weighted by atomic mass is 10.0. The number of likely N-dealkylation sites (N-methyl/N-ethyl adjacent to an activating group) is 1. The third-order valence-electron chi connectivity index (χ3n) is 3.50. The highest BCUT2D eigenvalue weighted by Gasteiger charge is 2.52. The molecule has 92 valence electrons. The smallest absolute Gasteiger partial charge is 0.252 e. The van der Waals surface area contributed by atoms with Gasteiger partial charge >= 0.3 is 0 Å². The summed E-state index contributed by atoms with van der Waals surface area (Å²) in [6.45, 7) is 0.754. The Kier molecular flexibility index (Phi) is 2.72. The Balaban J connectivity index is 2.23. The first-order chi connectivity index (χ1) is 7.36. The maximum absolute atomic E-state index is 11.7. The molecule has 2 aliphatic heterocycles. The summed E-state index contributed by atoms with van der Waals surface area (Å²) in [5.74, 6) is -0.0946. The molecule has 2 rings (SSSR count). The molecule has 0 aromatic heterocycles. The van der Waals surface area contributed by atoms with Gasteiger partial charge in [-0.25, -0.2) is 8.42 Å². The van der Waals surface area contributed by atoms with Gasteiger partial charge in [0.1, 0.15) is 6.10 Å². The molecular formula is C9H16N2O4S. The van der Waals surface area contributed by atoms with Crippen molar-refractivity contribution in [2.75, 3.05) is 33.5 Å². The van der Waals surface area contributed by atoms with Crippen molar-refractivity contribution in [3.63, 3.8) is 0 Å². The van der Waals surface area contributed by atoms with E-state index in [1.54, 1.807) is 11.9 Å². The van der Waals surface area contributed by atoms with E-state index in [0.717, 1.165) is 0 Å². The number of carbonyl (C=O) groups excluding carboxylic acids is 1. The maximum Gasteiger partial charge on any atom is 0.252 e. The molecule has 3 atom stereocenters. The molecule has 0 aromatic carbocycles. The lowest BCUT2D eigenvalue weighted by Gasteiger charge is -2.19. The summed E-state index contributed by atoms with van der Waals surface area (Å²) in [5.41, 5.74) is 0. The molecule has 0 radical (unpaired) electrons. The quantitative estimate of drug-likeness (QED) is 0.611. The highest BCUT2D eigenvalue weighted by Crippen LogP contribution is 2.33. The van der Waals surface area contributed by atoms with E-state index in [4.69, 9.17) is 4.74 Å². The summed E-state index contributed by atoms with van der Waals surface area (Å²) in [5, 5.41) is 0. The van der Waals surface area contributed by atoms with Gasteiger partial charge in [0.15, 0.2) is 0 Å². The van der Waals surface area contributed by atoms with Crippen LogP contribution in [-0.2, 0) is 19.6 Å². The highest BCUT2D eigenvalue weighted by molar-refractivity contribution is 7.88. The van der Waals surface area contributed by atoms with Crippen LogP contribution in [0.4, 0.5) is 0 Å². The van der Waals surface area contributed by atoms with Crippen LogP contribution < -0.4 is 0 Å². The topological polar surface area (TPSA) is 66.9 Å². The zero-order valence-corrected chi connectivity index (χ0v) is 10.4. The van der Waals surface area contributed by atoms with Crippen LogP contribution in [0.3, 0.4) is 0 Å². The van der Waals surface area contributed by atoms with Crippen LogP contribution in [0, 0.1) is 5.92 Å². The molecule has 16 heavy (non-hydrogen) atoms. The fourth-order valence-electron chi connectivity index (χ4n) is 2.58. The Morgan fingerprint density at radius 1 is 1.38 bits per heavy atom. The molecule has 0 saturated carbocycles. The first-order valence-corrected chi connectivity index (χ1v) is 6.95. The zero-order valence-electron chi connectivity index (χ0n) is 9.58. The number of ether oxygens (including phenoxy) is 1. The highest BCUT2D eigenvalue weighted by atomic mass is 32.2. The standard InChI is InChI=1S/C9H16N2O4S/c1-10-7-5-11(16(3,13)14)4-6(7)8(15-2)9(10)12/h6-8H,4-5H2,1-3H3/t6-,7+,8-/m0/s1. The Morgan fingerprint density at radius 2 is 2.00 bits per heavy atom. The van der Waals surface area contributed by atoms with Gasteiger partial charge in [-0.05, 0) is 0 Å². The zero-order chi connectivity index (χ0) is 12.1. The normalized spacial score (nSPS) is 35.8. The molecule has 1 amide bonds. The number of methoxy groups -OCH3 is 1. The van der Waals surface area contributed by atoms with Crippen molar-refractivity contribution in [1.82, 2.24) is 9.21 Å². The molecule has 2 fully saturated rings. The van der Waals surface area contributed by atoms with E-state index in [2.05, 4.69) is 0 Å². The van der Waals surface area contributed by atoms with Crippen molar-refractivity contribution in [2.45, 2.75) is 12.1 Å². The Labute approximate surface area is 95.2 Å². The molecule has 7 heteroatoms. The molecular weight excluding hydrogens is 232 g/mol. The lowest BCUT2D eigenvalue weighted by Crippen LogP contribution is -2.38. The molecule has 0 bridgehead atoms. The van der Waals surface area contributed by atoms with E-state index in [1.807, 2.05) is 0 Å². The summed E-state index contributed by atoms with van der Waals surface area (Å²) in [6, 6.07) is -0.0489. The van der Waals surface area contributed by atoms with E-state index in [9.17, 15) is 13.2 Å². The fourth-order valence-corrected chi connectivity index (χ4v) is 3.44. The molecule has 2 aliphatic rings. The summed E-state index contributed by atoms with van der Waals surface area (Å²) in [4.78, 5) is 13.3. The molecule has 0 spiro atoms. The third-order valence-corrected chi connectivity index (χ3v) is 4.74. The number of hydrogen-bond acceptors (Lipinski definition) is 4. The van der Waals surface area contributed by atoms with Crippen molar-refractivity contribution in [3.05, 3.63) is 0 Å². The van der Waals surface area contributed by atoms with Gasteiger partial charge in [0.05, 0.1) is 12.3 Å². The lowest BCUT2D eigenvalue weighted by molar-refractivity contribution is -0.136. The first-order valence-electron chi connectivity index (χ1n) is 5.11. The summed E-state index contributed by atoms with van der Waals surface area (Å²) in [7, 11) is 0.00987. The molecule has 0 unspecified atom stereocenters. The first kappa shape index (κ1) is 11.8. The Hall–Kier alpha value is -0.660. The van der Waals surface area contributed by atoms with Crippen LogP contribution in [0.25, 0.3) is 0 Å². The number of amides is 1. The minimum Gasteiger partial charge on any atom is -0.371 e. The van der Waals surface area contributed by atoms with E-state index in [1.165, 1.54) is 17.7 Å². The van der Waals surface area contributed by atoms with Gasteiger partial charge < -0.3 is 9.64 Å². The van der Waals surface area contributed by atoms with Crippen molar-refractivity contribution >= 4 is 15.9 Å². The van der Waals surface area contributed by atoms with Crippen LogP contribution in [-0.4, -0.2) is 69.2 Å². The van der Waals surface area contributed by atoms with Crippen molar-refractivity contribution < 1.29 is 17.9 Å². The second-order valence-corrected chi connectivity index (χ2v) is 6.40. The number of rotatable bonds is 2. The van der Waals surface area contributed by atoms with Gasteiger partial charge in [0.25, 0.3) is 5.91 Å². The van der Waals surface area contributed by atoms with Gasteiger partial charge in [0.2, 0.25) is 10.0 Å². The van der Waals surface area contributed by atoms with Crippen LogP contribution in [0.15, 0.2) is 0 Å². The average molecular weight is 248 g/mol. The van der Waals surface area contributed by atoms with Crippen molar-refractivity contribution in [2.24, 2.45) is 5.92 Å². The largest absolute Gasteiger partial charge is 0.371 e. The minimum atomic E-state index is -3.18. The monoisotopic (exact) mass is 248 g/mol. The molecule has 0 N–H and O–H groups in total. The van der Waals surface area contributed by atoms with Gasteiger partial charge in [-0.3, -0.25) is 4.79 Å². The maximum atomic E-state index is 11.7. The molecule has 2 saturated heterocycles. The predicted molar refractivity (Wildman–Crippen MR) is 57.3 cm³/mol. The van der Waals surface area contributed by atoms with Crippen LogP contribution in [0.1, 0.15) is 0 Å². The third kappa shape index (κ3) is 1.63. The number of carbonyl (C=O) groups is 1. The van der Waals surface area contributed by atoms with Crippen LogP contribution in [0.2, 0.25) is 0 Å². The number of nitrogens with zero attached hydrogens (tertiary/aromatic N) is 2. The number of sulfonamides is 1. The molecule has 0 aromatic rings. The number of likely N-dealkylation sites (tertiary alicyclic amines) is 1. The molecule has 0 aliphatic carbocycles. The van der Waals surface area contributed by atoms with E-state index < -0.39 is 16.1 Å². The summed E-state index contributed by atoms with van der Waals surface area (Å²) >= 11 is 0. The summed E-state index contributed by atoms with van der Waals surface area (Å²) < 4.78 is 29.4. The van der Waals surface area contributed by atoms with E-state index in [0.29, 0.717) is 13.1 Å². The van der Waals surface area contributed by atoms with E-state index >= 15 is 0 Å². The van der Waals surface area contributed by atoms with Gasteiger partial charge in [-0.2, -0.15) is 4.31 Å². The second-order valence-electron chi connectivity index (χ2n) is 4.42. The summed E-state index contributed by atoms with van der Waals surface area (Å²) in [6.07, 6.45) is 0.694. The molecule has 6 nitrogen and oxygen atoms in total. The van der Waals surface area contributed by atoms with Crippen LogP contribution in [0.5, 0.6) is 0 Å². The van der Waals surface area contributed by atoms with Gasteiger partial charge in [-0.15, -0.1) is 0 Å². The van der Waals surface area contributed by atoms with Gasteiger partial charge in [-0.1, -0.05) is 0 Å². The van der Waals surface area contributed by atoms with Crippen LogP contribution >= 0.6 is 0 Å². The van der Waals surface area contributed by atoms with Crippen molar-refractivity contribution in [1.29, 1.82) is 0 Å². The molecule has 2 heterocycles. The predicted octanol–water partition coefficient (Wildman–Crippen LogP) is -1.27. The SMILES string of the molecule is CO[C@@H]1C(=O)N(C)[C@@H]2CN(S(C)(=O)=O)C[C@H]12. The average Bonchev–Trinajstić information content (AvgIpc) is 2.68. The second kappa shape index (κ2) is 3.68. The number of fused-ring (bicyclic) bond motifs is 1. The Bertz CT molecular complexity index is 408. The number of hydrogen-bond donors (Lipinski definition) is 0. The minimum absolute atomic E-state index is 0.0442.